The molecule has 5 heteroatoms. The van der Waals surface area contributed by atoms with Crippen LogP contribution >= 0.6 is 0 Å². The van der Waals surface area contributed by atoms with Crippen LogP contribution in [0.5, 0.6) is 0 Å². The molecule has 2 N–H and O–H groups in total. The number of rotatable bonds is 3. The molecule has 0 aliphatic carbocycles. The van der Waals surface area contributed by atoms with E-state index < -0.39 is 10.7 Å². The third kappa shape index (κ3) is 1.94. The lowest BCUT2D eigenvalue weighted by Crippen LogP contribution is -2.03. The second-order valence-corrected chi connectivity index (χ2v) is 2.73. The minimum Gasteiger partial charge on any atom is -0.326 e. The first kappa shape index (κ1) is 10.3. The normalized spacial score (nSPS) is 9.86. The van der Waals surface area contributed by atoms with Gasteiger partial charge in [0.2, 0.25) is 0 Å². The molecule has 0 fully saturated rings. The van der Waals surface area contributed by atoms with Crippen LogP contribution in [0.15, 0.2) is 24.8 Å². The Morgan fingerprint density at radius 1 is 1.64 bits per heavy atom. The van der Waals surface area contributed by atoms with Crippen molar-refractivity contribution in [2.75, 3.05) is 6.54 Å². The quantitative estimate of drug-likeness (QED) is 0.591. The summed E-state index contributed by atoms with van der Waals surface area (Å²) in [7, 11) is 0. The van der Waals surface area contributed by atoms with Gasteiger partial charge < -0.3 is 5.73 Å². The van der Waals surface area contributed by atoms with Crippen molar-refractivity contribution < 1.29 is 9.31 Å². The van der Waals surface area contributed by atoms with Crippen molar-refractivity contribution in [1.82, 2.24) is 0 Å². The Morgan fingerprint density at radius 3 is 2.79 bits per heavy atom. The number of hydrogen-bond donors (Lipinski definition) is 1. The van der Waals surface area contributed by atoms with E-state index in [1.54, 1.807) is 0 Å². The molecule has 74 valence electrons. The van der Waals surface area contributed by atoms with Crippen LogP contribution in [0, 0.1) is 15.9 Å². The number of non-ortho nitro benzene ring substituents is 1. The first-order chi connectivity index (χ1) is 6.56. The molecule has 0 saturated carbocycles. The van der Waals surface area contributed by atoms with Gasteiger partial charge in [-0.2, -0.15) is 0 Å². The Kier molecular flexibility index (Phi) is 2.93. The Hall–Kier alpha value is -1.75. The van der Waals surface area contributed by atoms with E-state index >= 15 is 0 Å². The molecule has 1 aromatic carbocycles. The van der Waals surface area contributed by atoms with E-state index in [-0.39, 0.29) is 17.8 Å². The number of nitro benzene ring substituents is 1. The van der Waals surface area contributed by atoms with Crippen molar-refractivity contribution in [2.24, 2.45) is 5.73 Å². The van der Waals surface area contributed by atoms with Gasteiger partial charge in [0.05, 0.1) is 4.92 Å². The Morgan fingerprint density at radius 2 is 2.29 bits per heavy atom. The molecule has 0 aromatic heterocycles. The third-order valence-corrected chi connectivity index (χ3v) is 1.79. The molecule has 4 nitrogen and oxygen atoms in total. The summed E-state index contributed by atoms with van der Waals surface area (Å²) < 4.78 is 13.1. The van der Waals surface area contributed by atoms with E-state index in [2.05, 4.69) is 6.58 Å². The summed E-state index contributed by atoms with van der Waals surface area (Å²) in [5, 5.41) is 10.4. The van der Waals surface area contributed by atoms with Crippen LogP contribution in [-0.2, 0) is 0 Å². The predicted octanol–water partition coefficient (Wildman–Crippen LogP) is 1.71. The summed E-state index contributed by atoms with van der Waals surface area (Å²) in [6, 6.07) is 3.27. The van der Waals surface area contributed by atoms with Crippen molar-refractivity contribution in [1.29, 1.82) is 0 Å². The van der Waals surface area contributed by atoms with Gasteiger partial charge in [0.15, 0.2) is 0 Å². The number of nitrogens with two attached hydrogens (primary N) is 1. The fourth-order valence-electron chi connectivity index (χ4n) is 1.01. The molecule has 0 saturated heterocycles. The fraction of sp³-hybridized carbons (Fsp3) is 0.111. The topological polar surface area (TPSA) is 69.2 Å². The highest BCUT2D eigenvalue weighted by atomic mass is 19.1. The lowest BCUT2D eigenvalue weighted by atomic mass is 10.1. The number of halogens is 1. The van der Waals surface area contributed by atoms with E-state index in [1.807, 2.05) is 0 Å². The summed E-state index contributed by atoms with van der Waals surface area (Å²) in [5.41, 5.74) is 5.53. The van der Waals surface area contributed by atoms with Crippen LogP contribution in [0.3, 0.4) is 0 Å². The molecule has 0 unspecified atom stereocenters. The van der Waals surface area contributed by atoms with Crippen LogP contribution in [-0.4, -0.2) is 11.5 Å². The molecule has 0 spiro atoms. The molecule has 0 amide bonds. The number of hydrogen-bond acceptors (Lipinski definition) is 3. The highest BCUT2D eigenvalue weighted by Crippen LogP contribution is 2.21. The fourth-order valence-corrected chi connectivity index (χ4v) is 1.01. The lowest BCUT2D eigenvalue weighted by Gasteiger charge is -2.03. The van der Waals surface area contributed by atoms with Gasteiger partial charge in [-0.15, -0.1) is 0 Å². The van der Waals surface area contributed by atoms with Crippen molar-refractivity contribution >= 4 is 11.3 Å². The van der Waals surface area contributed by atoms with Gasteiger partial charge in [-0.3, -0.25) is 10.1 Å². The highest BCUT2D eigenvalue weighted by molar-refractivity contribution is 5.67. The molecule has 1 rings (SSSR count). The molecule has 0 aliphatic heterocycles. The van der Waals surface area contributed by atoms with Crippen LogP contribution < -0.4 is 5.73 Å². The van der Waals surface area contributed by atoms with E-state index in [0.717, 1.165) is 18.2 Å². The number of benzene rings is 1. The summed E-state index contributed by atoms with van der Waals surface area (Å²) >= 11 is 0. The monoisotopic (exact) mass is 196 g/mol. The van der Waals surface area contributed by atoms with Crippen LogP contribution in [0.4, 0.5) is 10.1 Å². The summed E-state index contributed by atoms with van der Waals surface area (Å²) in [5.74, 6) is -0.550. The van der Waals surface area contributed by atoms with Crippen LogP contribution in [0.2, 0.25) is 0 Å². The molecule has 14 heavy (non-hydrogen) atoms. The lowest BCUT2D eigenvalue weighted by molar-refractivity contribution is -0.384. The van der Waals surface area contributed by atoms with Crippen molar-refractivity contribution in [2.45, 2.75) is 0 Å². The largest absolute Gasteiger partial charge is 0.326 e. The van der Waals surface area contributed by atoms with Crippen molar-refractivity contribution in [3.8, 4) is 0 Å². The molecule has 0 atom stereocenters. The second-order valence-electron chi connectivity index (χ2n) is 2.73. The number of nitro groups is 1. The Balaban J connectivity index is 3.21. The standard InChI is InChI=1S/C9H9FN2O2/c1-6(5-11)8-4-7(12(13)14)2-3-9(8)10/h2-4H,1,5,11H2. The summed E-state index contributed by atoms with van der Waals surface area (Å²) in [6.45, 7) is 3.58. The molecule has 0 aliphatic rings. The average Bonchev–Trinajstić information content (AvgIpc) is 2.17. The van der Waals surface area contributed by atoms with Crippen molar-refractivity contribution in [3.63, 3.8) is 0 Å². The molecule has 0 bridgehead atoms. The minimum absolute atomic E-state index is 0.0675. The van der Waals surface area contributed by atoms with E-state index in [4.69, 9.17) is 5.73 Å². The van der Waals surface area contributed by atoms with Gasteiger partial charge in [-0.25, -0.2) is 4.39 Å². The van der Waals surface area contributed by atoms with Crippen LogP contribution in [0.25, 0.3) is 5.57 Å². The zero-order valence-electron chi connectivity index (χ0n) is 7.37. The maximum Gasteiger partial charge on any atom is 0.270 e. The highest BCUT2D eigenvalue weighted by Gasteiger charge is 2.11. The first-order valence-electron chi connectivity index (χ1n) is 3.88. The van der Waals surface area contributed by atoms with Gasteiger partial charge in [-0.05, 0) is 11.6 Å². The van der Waals surface area contributed by atoms with Gasteiger partial charge in [0, 0.05) is 24.2 Å². The Bertz CT molecular complexity index is 390. The predicted molar refractivity (Wildman–Crippen MR) is 51.1 cm³/mol. The molecule has 0 heterocycles. The SMILES string of the molecule is C=C(CN)c1cc([N+](=O)[O-])ccc1F. The molecule has 1 aromatic rings. The van der Waals surface area contributed by atoms with E-state index in [1.165, 1.54) is 0 Å². The number of nitrogens with zero attached hydrogens (tertiary/aromatic N) is 1. The second kappa shape index (κ2) is 3.97. The molecular formula is C9H9FN2O2. The van der Waals surface area contributed by atoms with E-state index in [0.29, 0.717) is 5.57 Å². The van der Waals surface area contributed by atoms with Crippen LogP contribution in [0.1, 0.15) is 5.56 Å². The van der Waals surface area contributed by atoms with Gasteiger partial charge in [0.25, 0.3) is 5.69 Å². The van der Waals surface area contributed by atoms with Crippen molar-refractivity contribution in [3.05, 3.63) is 46.3 Å². The summed E-state index contributed by atoms with van der Waals surface area (Å²) in [6.07, 6.45) is 0. The first-order valence-corrected chi connectivity index (χ1v) is 3.88. The third-order valence-electron chi connectivity index (χ3n) is 1.79. The van der Waals surface area contributed by atoms with Gasteiger partial charge in [-0.1, -0.05) is 6.58 Å². The maximum absolute atomic E-state index is 13.1. The zero-order chi connectivity index (χ0) is 10.7. The smallest absolute Gasteiger partial charge is 0.270 e. The average molecular weight is 196 g/mol. The maximum atomic E-state index is 13.1. The van der Waals surface area contributed by atoms with Gasteiger partial charge >= 0.3 is 0 Å². The molecular weight excluding hydrogens is 187 g/mol. The summed E-state index contributed by atoms with van der Waals surface area (Å²) in [4.78, 5) is 9.81. The van der Waals surface area contributed by atoms with E-state index in [9.17, 15) is 14.5 Å². The zero-order valence-corrected chi connectivity index (χ0v) is 7.37. The molecule has 0 radical (unpaired) electrons. The Labute approximate surface area is 80.0 Å². The minimum atomic E-state index is -0.591. The van der Waals surface area contributed by atoms with Gasteiger partial charge in [0.1, 0.15) is 5.82 Å².